The van der Waals surface area contributed by atoms with E-state index >= 15 is 0 Å². The molecule has 0 aliphatic carbocycles. The van der Waals surface area contributed by atoms with Gasteiger partial charge in [0, 0.05) is 18.0 Å². The molecule has 4 nitrogen and oxygen atoms in total. The monoisotopic (exact) mass is 437 g/mol. The predicted octanol–water partition coefficient (Wildman–Crippen LogP) is 5.31. The minimum atomic E-state index is 0. The third kappa shape index (κ3) is 5.11. The number of halogens is 1. The van der Waals surface area contributed by atoms with Crippen molar-refractivity contribution < 1.29 is 4.79 Å². The van der Waals surface area contributed by atoms with Gasteiger partial charge in [0.1, 0.15) is 0 Å². The van der Waals surface area contributed by atoms with Crippen LogP contribution < -0.4 is 4.90 Å². The maximum atomic E-state index is 13.1. The number of rotatable bonds is 8. The van der Waals surface area contributed by atoms with Gasteiger partial charge in [-0.25, -0.2) is 4.98 Å². The van der Waals surface area contributed by atoms with E-state index in [2.05, 4.69) is 44.7 Å². The van der Waals surface area contributed by atoms with Gasteiger partial charge < -0.3 is 4.90 Å². The van der Waals surface area contributed by atoms with Gasteiger partial charge in [0.25, 0.3) is 0 Å². The first-order chi connectivity index (χ1) is 13.0. The molecule has 0 bridgehead atoms. The summed E-state index contributed by atoms with van der Waals surface area (Å²) < 4.78 is 1.14. The molecular formula is C21H28ClN3OS2. The lowest BCUT2D eigenvalue weighted by atomic mass is 10.1. The Morgan fingerprint density at radius 3 is 2.50 bits per heavy atom. The molecule has 0 unspecified atom stereocenters. The van der Waals surface area contributed by atoms with Crippen LogP contribution in [0.25, 0.3) is 10.2 Å². The van der Waals surface area contributed by atoms with Crippen molar-refractivity contribution in [3.05, 3.63) is 45.6 Å². The third-order valence-corrected chi connectivity index (χ3v) is 6.97. The summed E-state index contributed by atoms with van der Waals surface area (Å²) in [6, 6.07) is 8.27. The van der Waals surface area contributed by atoms with Crippen LogP contribution >= 0.6 is 35.1 Å². The average molecular weight is 438 g/mol. The number of amides is 1. The Balaban J connectivity index is 0.00000280. The van der Waals surface area contributed by atoms with Crippen LogP contribution in [0.2, 0.25) is 0 Å². The number of aromatic nitrogens is 1. The minimum Gasteiger partial charge on any atom is -0.302 e. The number of hydrogen-bond acceptors (Lipinski definition) is 5. The lowest BCUT2D eigenvalue weighted by molar-refractivity contribution is -0.118. The molecule has 0 atom stereocenters. The first-order valence-electron chi connectivity index (χ1n) is 9.45. The van der Waals surface area contributed by atoms with Crippen LogP contribution in [0.15, 0.2) is 29.6 Å². The van der Waals surface area contributed by atoms with Gasteiger partial charge in [-0.05, 0) is 55.6 Å². The van der Waals surface area contributed by atoms with Crippen molar-refractivity contribution in [2.24, 2.45) is 0 Å². The Kier molecular flexibility index (Phi) is 8.43. The molecule has 0 radical (unpaired) electrons. The summed E-state index contributed by atoms with van der Waals surface area (Å²) in [6.07, 6.45) is 0.434. The van der Waals surface area contributed by atoms with Gasteiger partial charge in [-0.15, -0.1) is 23.7 Å². The lowest BCUT2D eigenvalue weighted by Crippen LogP contribution is -2.39. The number of fused-ring (bicyclic) bond motifs is 1. The second-order valence-corrected chi connectivity index (χ2v) is 8.72. The molecular weight excluding hydrogens is 410 g/mol. The normalized spacial score (nSPS) is 11.0. The van der Waals surface area contributed by atoms with Crippen molar-refractivity contribution >= 4 is 56.3 Å². The van der Waals surface area contributed by atoms with E-state index in [0.717, 1.165) is 39.9 Å². The van der Waals surface area contributed by atoms with Crippen LogP contribution in [0.4, 0.5) is 5.13 Å². The molecule has 0 saturated carbocycles. The number of benzene rings is 1. The predicted molar refractivity (Wildman–Crippen MR) is 125 cm³/mol. The van der Waals surface area contributed by atoms with Crippen molar-refractivity contribution in [3.8, 4) is 0 Å². The maximum absolute atomic E-state index is 13.1. The molecule has 2 aromatic heterocycles. The Morgan fingerprint density at radius 2 is 1.86 bits per heavy atom. The smallest absolute Gasteiger partial charge is 0.234 e. The van der Waals surface area contributed by atoms with Crippen LogP contribution in [-0.2, 0) is 11.2 Å². The zero-order valence-corrected chi connectivity index (χ0v) is 19.3. The number of likely N-dealkylation sites (N-methyl/N-ethyl adjacent to an activating group) is 1. The standard InChI is InChI=1S/C21H27N3OS2.ClH/c1-5-23(6-2)11-12-24(19(25)14-17-8-7-13-26-17)21-22-20-16(4)15(3)9-10-18(20)27-21;/h7-10,13H,5-6,11-12,14H2,1-4H3;1H. The molecule has 3 rings (SSSR count). The average Bonchev–Trinajstić information content (AvgIpc) is 3.32. The summed E-state index contributed by atoms with van der Waals surface area (Å²) in [4.78, 5) is 23.3. The second-order valence-electron chi connectivity index (χ2n) is 6.68. The molecule has 0 N–H and O–H groups in total. The van der Waals surface area contributed by atoms with E-state index in [1.807, 2.05) is 22.4 Å². The fourth-order valence-corrected chi connectivity index (χ4v) is 4.86. The van der Waals surface area contributed by atoms with Crippen LogP contribution in [0.5, 0.6) is 0 Å². The molecule has 0 aliphatic heterocycles. The van der Waals surface area contributed by atoms with Gasteiger partial charge in [0.05, 0.1) is 16.6 Å². The van der Waals surface area contributed by atoms with Gasteiger partial charge >= 0.3 is 0 Å². The van der Waals surface area contributed by atoms with E-state index in [0.29, 0.717) is 13.0 Å². The fourth-order valence-electron chi connectivity index (χ4n) is 3.10. The van der Waals surface area contributed by atoms with Crippen LogP contribution in [0, 0.1) is 13.8 Å². The van der Waals surface area contributed by atoms with Gasteiger partial charge in [0.2, 0.25) is 5.91 Å². The zero-order valence-electron chi connectivity index (χ0n) is 16.9. The quantitative estimate of drug-likeness (QED) is 0.478. The highest BCUT2D eigenvalue weighted by atomic mass is 35.5. The van der Waals surface area contributed by atoms with E-state index in [1.165, 1.54) is 11.1 Å². The lowest BCUT2D eigenvalue weighted by Gasteiger charge is -2.24. The third-order valence-electron chi connectivity index (χ3n) is 5.05. The summed E-state index contributed by atoms with van der Waals surface area (Å²) >= 11 is 3.25. The van der Waals surface area contributed by atoms with Crippen LogP contribution in [0.3, 0.4) is 0 Å². The number of carbonyl (C=O) groups is 1. The van der Waals surface area contributed by atoms with Gasteiger partial charge in [-0.1, -0.05) is 37.3 Å². The molecule has 28 heavy (non-hydrogen) atoms. The summed E-state index contributed by atoms with van der Waals surface area (Å²) in [6.45, 7) is 12.0. The summed E-state index contributed by atoms with van der Waals surface area (Å²) in [5.41, 5.74) is 3.45. The van der Waals surface area contributed by atoms with E-state index in [1.54, 1.807) is 22.7 Å². The number of carbonyl (C=O) groups excluding carboxylic acids is 1. The van der Waals surface area contributed by atoms with Gasteiger partial charge in [-0.3, -0.25) is 9.69 Å². The highest BCUT2D eigenvalue weighted by Gasteiger charge is 2.21. The Bertz CT molecular complexity index is 904. The molecule has 0 fully saturated rings. The summed E-state index contributed by atoms with van der Waals surface area (Å²) in [7, 11) is 0. The number of aryl methyl sites for hydroxylation is 2. The number of nitrogens with zero attached hydrogens (tertiary/aromatic N) is 3. The van der Waals surface area contributed by atoms with Crippen molar-refractivity contribution in [1.82, 2.24) is 9.88 Å². The van der Waals surface area contributed by atoms with Crippen molar-refractivity contribution in [3.63, 3.8) is 0 Å². The van der Waals surface area contributed by atoms with Gasteiger partial charge in [0.15, 0.2) is 5.13 Å². The fraction of sp³-hybridized carbons (Fsp3) is 0.429. The van der Waals surface area contributed by atoms with Crippen molar-refractivity contribution in [2.75, 3.05) is 31.1 Å². The highest BCUT2D eigenvalue weighted by molar-refractivity contribution is 7.22. The maximum Gasteiger partial charge on any atom is 0.234 e. The van der Waals surface area contributed by atoms with E-state index < -0.39 is 0 Å². The number of thiazole rings is 1. The topological polar surface area (TPSA) is 36.4 Å². The molecule has 0 saturated heterocycles. The number of thiophene rings is 1. The molecule has 0 spiro atoms. The Hall–Kier alpha value is -1.47. The van der Waals surface area contributed by atoms with Crippen molar-refractivity contribution in [2.45, 2.75) is 34.1 Å². The minimum absolute atomic E-state index is 0. The first-order valence-corrected chi connectivity index (χ1v) is 11.1. The van der Waals surface area contributed by atoms with Crippen LogP contribution in [-0.4, -0.2) is 42.0 Å². The molecule has 1 amide bonds. The molecule has 7 heteroatoms. The van der Waals surface area contributed by atoms with E-state index in [-0.39, 0.29) is 18.3 Å². The molecule has 152 valence electrons. The van der Waals surface area contributed by atoms with Crippen molar-refractivity contribution in [1.29, 1.82) is 0 Å². The Labute approximate surface area is 181 Å². The van der Waals surface area contributed by atoms with Gasteiger partial charge in [-0.2, -0.15) is 0 Å². The highest BCUT2D eigenvalue weighted by Crippen LogP contribution is 2.32. The van der Waals surface area contributed by atoms with Crippen LogP contribution in [0.1, 0.15) is 29.9 Å². The van der Waals surface area contributed by atoms with E-state index in [4.69, 9.17) is 4.98 Å². The molecule has 2 heterocycles. The summed E-state index contributed by atoms with van der Waals surface area (Å²) in [5, 5.41) is 2.83. The van der Waals surface area contributed by atoms with E-state index in [9.17, 15) is 4.79 Å². The molecule has 1 aromatic carbocycles. The molecule has 0 aliphatic rings. The Morgan fingerprint density at radius 1 is 1.11 bits per heavy atom. The largest absolute Gasteiger partial charge is 0.302 e. The number of anilines is 1. The second kappa shape index (κ2) is 10.3. The SMILES string of the molecule is CCN(CC)CCN(C(=O)Cc1cccs1)c1nc2c(C)c(C)ccc2s1.Cl. The molecule has 3 aromatic rings. The summed E-state index contributed by atoms with van der Waals surface area (Å²) in [5.74, 6) is 0.123. The number of hydrogen-bond donors (Lipinski definition) is 0. The zero-order chi connectivity index (χ0) is 19.4. The first kappa shape index (κ1) is 22.8.